The van der Waals surface area contributed by atoms with Crippen LogP contribution in [0.5, 0.6) is 5.75 Å². The minimum Gasteiger partial charge on any atom is -0.441 e. The Hall–Kier alpha value is -1.39. The van der Waals surface area contributed by atoms with E-state index in [-0.39, 0.29) is 22.1 Å². The molecule has 0 aliphatic heterocycles. The number of halogens is 8. The normalized spacial score (nSPS) is 13.3. The zero-order chi connectivity index (χ0) is 27.9. The molecule has 3 rings (SSSR count). The number of benzene rings is 3. The Morgan fingerprint density at radius 2 is 1.35 bits per heavy atom. The van der Waals surface area contributed by atoms with Crippen LogP contribution in [0.25, 0.3) is 10.8 Å². The van der Waals surface area contributed by atoms with Gasteiger partial charge in [-0.2, -0.15) is 30.4 Å². The summed E-state index contributed by atoms with van der Waals surface area (Å²) >= 11 is 5.90. The number of hydrogen-bond donors (Lipinski definition) is 1. The smallest absolute Gasteiger partial charge is 0.432 e. The van der Waals surface area contributed by atoms with Crippen molar-refractivity contribution >= 4 is 101 Å². The van der Waals surface area contributed by atoms with Crippen LogP contribution in [0.15, 0.2) is 48.5 Å². The third kappa shape index (κ3) is 6.44. The molecule has 0 bridgehead atoms. The van der Waals surface area contributed by atoms with Crippen molar-refractivity contribution < 1.29 is 54.0 Å². The molecule has 0 amide bonds. The van der Waals surface area contributed by atoms with Gasteiger partial charge < -0.3 is 9.47 Å². The molecule has 0 heterocycles. The Morgan fingerprint density at radius 1 is 0.865 bits per heavy atom. The maximum atomic E-state index is 13.9. The fourth-order valence-electron chi connectivity index (χ4n) is 3.09. The molecule has 0 saturated carbocycles. The summed E-state index contributed by atoms with van der Waals surface area (Å²) in [6, 6.07) is 10.9. The van der Waals surface area contributed by atoms with Crippen LogP contribution in [0.3, 0.4) is 0 Å². The van der Waals surface area contributed by atoms with Crippen LogP contribution >= 0.6 is 67.8 Å². The molecular formula is C21H10F5I3O7S. The van der Waals surface area contributed by atoms with Gasteiger partial charge in [0.15, 0.2) is 5.75 Å². The molecule has 37 heavy (non-hydrogen) atoms. The van der Waals surface area contributed by atoms with E-state index in [9.17, 15) is 40.0 Å². The average molecular weight is 882 g/mol. The van der Waals surface area contributed by atoms with E-state index in [1.165, 1.54) is 30.3 Å². The minimum atomic E-state index is -6.63. The van der Waals surface area contributed by atoms with Crippen molar-refractivity contribution in [2.75, 3.05) is 0 Å². The lowest BCUT2D eigenvalue weighted by Crippen LogP contribution is -2.52. The second kappa shape index (κ2) is 11.0. The number of fused-ring (bicyclic) bond motifs is 1. The fourth-order valence-corrected chi connectivity index (χ4v) is 7.34. The highest BCUT2D eigenvalue weighted by molar-refractivity contribution is 14.1. The molecule has 1 atom stereocenters. The first-order valence-electron chi connectivity index (χ1n) is 9.46. The highest BCUT2D eigenvalue weighted by Crippen LogP contribution is 2.39. The van der Waals surface area contributed by atoms with Gasteiger partial charge >= 0.3 is 33.5 Å². The summed E-state index contributed by atoms with van der Waals surface area (Å²) in [5.41, 5.74) is -1.06. The predicted molar refractivity (Wildman–Crippen MR) is 145 cm³/mol. The molecular weight excluding hydrogens is 872 g/mol. The summed E-state index contributed by atoms with van der Waals surface area (Å²) in [6.45, 7) is 0. The number of rotatable bonds is 6. The summed E-state index contributed by atoms with van der Waals surface area (Å²) in [4.78, 5) is 25.8. The number of alkyl halides is 5. The van der Waals surface area contributed by atoms with Crippen LogP contribution in [0, 0.1) is 10.7 Å². The Morgan fingerprint density at radius 3 is 1.81 bits per heavy atom. The highest BCUT2D eigenvalue weighted by Gasteiger charge is 2.66. The molecule has 0 radical (unpaired) electrons. The minimum absolute atomic E-state index is 0.140. The van der Waals surface area contributed by atoms with Gasteiger partial charge in [0.05, 0.1) is 18.3 Å². The second-order valence-electron chi connectivity index (χ2n) is 7.16. The number of carbonyl (C=O) groups is 2. The van der Waals surface area contributed by atoms with Crippen molar-refractivity contribution in [2.24, 2.45) is 0 Å². The molecule has 3 aromatic rings. The first kappa shape index (κ1) is 30.2. The Balaban J connectivity index is 2.10. The quantitative estimate of drug-likeness (QED) is 0.1000. The molecule has 16 heteroatoms. The summed E-state index contributed by atoms with van der Waals surface area (Å²) in [7, 11) is -6.63. The van der Waals surface area contributed by atoms with Gasteiger partial charge in [0.1, 0.15) is 0 Å². The van der Waals surface area contributed by atoms with Gasteiger partial charge in [-0.15, -0.1) is 0 Å². The van der Waals surface area contributed by atoms with Crippen LogP contribution in [-0.4, -0.2) is 42.4 Å². The Bertz CT molecular complexity index is 1480. The number of esters is 2. The SMILES string of the molecule is O=C(Oc1c(I)cc(I)cc1I)c1cccc2cccc(C(=O)OC(C(F)(F)F)C(F)(F)S(=O)(=O)O)c12. The first-order valence-corrected chi connectivity index (χ1v) is 14.1. The van der Waals surface area contributed by atoms with Gasteiger partial charge in [0, 0.05) is 8.96 Å². The molecule has 0 fully saturated rings. The third-order valence-electron chi connectivity index (χ3n) is 4.67. The van der Waals surface area contributed by atoms with Gasteiger partial charge in [-0.3, -0.25) is 4.55 Å². The van der Waals surface area contributed by atoms with Crippen molar-refractivity contribution in [3.05, 3.63) is 70.4 Å². The van der Waals surface area contributed by atoms with Crippen LogP contribution in [0.2, 0.25) is 0 Å². The number of ether oxygens (including phenoxy) is 2. The molecule has 3 aromatic carbocycles. The second-order valence-corrected chi connectivity index (χ2v) is 12.2. The van der Waals surface area contributed by atoms with E-state index < -0.39 is 45.2 Å². The van der Waals surface area contributed by atoms with E-state index in [4.69, 9.17) is 9.29 Å². The molecule has 198 valence electrons. The van der Waals surface area contributed by atoms with Gasteiger partial charge in [-0.05, 0) is 97.4 Å². The predicted octanol–water partition coefficient (Wildman–Crippen LogP) is 6.44. The summed E-state index contributed by atoms with van der Waals surface area (Å²) < 4.78 is 109. The molecule has 7 nitrogen and oxygen atoms in total. The zero-order valence-corrected chi connectivity index (χ0v) is 24.8. The zero-order valence-electron chi connectivity index (χ0n) is 17.5. The highest BCUT2D eigenvalue weighted by atomic mass is 127. The van der Waals surface area contributed by atoms with E-state index in [0.29, 0.717) is 7.14 Å². The van der Waals surface area contributed by atoms with Crippen molar-refractivity contribution in [3.8, 4) is 5.75 Å². The van der Waals surface area contributed by atoms with Crippen LogP contribution in [-0.2, 0) is 14.9 Å². The molecule has 0 aliphatic carbocycles. The van der Waals surface area contributed by atoms with Crippen LogP contribution < -0.4 is 4.74 Å². The summed E-state index contributed by atoms with van der Waals surface area (Å²) in [5.74, 6) is -2.86. The molecule has 0 aliphatic rings. The van der Waals surface area contributed by atoms with Crippen molar-refractivity contribution in [3.63, 3.8) is 0 Å². The maximum absolute atomic E-state index is 13.9. The standard InChI is InChI=1S/C21H10F5I3O7S/c22-20(23,24)19(21(25,26)37(32,33)34)36-18(31)12-6-2-4-9-3-1-5-11(15(9)12)17(30)35-16-13(28)7-10(27)8-14(16)29/h1-8,19H,(H,32,33,34). The maximum Gasteiger partial charge on any atom is 0.432 e. The molecule has 0 saturated heterocycles. The molecule has 0 spiro atoms. The topological polar surface area (TPSA) is 107 Å². The van der Waals surface area contributed by atoms with Crippen molar-refractivity contribution in [1.29, 1.82) is 0 Å². The number of carbonyl (C=O) groups excluding carboxylic acids is 2. The van der Waals surface area contributed by atoms with Crippen LogP contribution in [0.4, 0.5) is 22.0 Å². The Kier molecular flexibility index (Phi) is 8.97. The molecule has 0 aromatic heterocycles. The lowest BCUT2D eigenvalue weighted by molar-refractivity contribution is -0.247. The van der Waals surface area contributed by atoms with E-state index in [1.807, 2.05) is 45.2 Å². The van der Waals surface area contributed by atoms with Crippen molar-refractivity contribution in [1.82, 2.24) is 0 Å². The van der Waals surface area contributed by atoms with E-state index in [1.54, 1.807) is 12.1 Å². The van der Waals surface area contributed by atoms with E-state index in [2.05, 4.69) is 27.3 Å². The van der Waals surface area contributed by atoms with Gasteiger partial charge in [0.2, 0.25) is 0 Å². The lowest BCUT2D eigenvalue weighted by atomic mass is 9.99. The van der Waals surface area contributed by atoms with Gasteiger partial charge in [0.25, 0.3) is 6.10 Å². The first-order chi connectivity index (χ1) is 16.9. The van der Waals surface area contributed by atoms with E-state index in [0.717, 1.165) is 9.64 Å². The average Bonchev–Trinajstić information content (AvgIpc) is 2.77. The van der Waals surface area contributed by atoms with E-state index >= 15 is 0 Å². The number of hydrogen-bond acceptors (Lipinski definition) is 6. The Labute approximate surface area is 246 Å². The lowest BCUT2D eigenvalue weighted by Gasteiger charge is -2.26. The van der Waals surface area contributed by atoms with Gasteiger partial charge in [-0.1, -0.05) is 24.3 Å². The molecule has 1 unspecified atom stereocenters. The third-order valence-corrected chi connectivity index (χ3v) is 7.80. The molecule has 1 N–H and O–H groups in total. The van der Waals surface area contributed by atoms with Crippen molar-refractivity contribution in [2.45, 2.75) is 17.5 Å². The largest absolute Gasteiger partial charge is 0.441 e. The monoisotopic (exact) mass is 882 g/mol. The summed E-state index contributed by atoms with van der Waals surface area (Å²) in [5, 5.41) is -6.06. The fraction of sp³-hybridized carbons (Fsp3) is 0.143. The van der Waals surface area contributed by atoms with Gasteiger partial charge in [-0.25, -0.2) is 9.59 Å². The summed E-state index contributed by atoms with van der Waals surface area (Å²) in [6.07, 6.45) is -10.6. The van der Waals surface area contributed by atoms with Crippen LogP contribution in [0.1, 0.15) is 20.7 Å².